The quantitative estimate of drug-likeness (QED) is 0.498. The molecule has 0 saturated carbocycles. The molecule has 1 aromatic carbocycles. The van der Waals surface area contributed by atoms with Crippen molar-refractivity contribution in [3.8, 4) is 0 Å². The number of rotatable bonds is 2. The Bertz CT molecular complexity index is 277. The lowest BCUT2D eigenvalue weighted by Gasteiger charge is -2.02. The molecule has 0 fully saturated rings. The minimum Gasteiger partial charge on any atom is -0.258 e. The number of benzene rings is 1. The van der Waals surface area contributed by atoms with Crippen LogP contribution >= 0.6 is 0 Å². The van der Waals surface area contributed by atoms with Crippen molar-refractivity contribution in [2.24, 2.45) is 0 Å². The molecule has 0 heterocycles. The molecule has 1 aromatic rings. The molecule has 3 nitrogen and oxygen atoms in total. The highest BCUT2D eigenvalue weighted by atomic mass is 16.6. The average molecular weight is 164 g/mol. The summed E-state index contributed by atoms with van der Waals surface area (Å²) in [7, 11) is 0. The Kier molecular flexibility index (Phi) is 2.43. The van der Waals surface area contributed by atoms with E-state index in [4.69, 9.17) is 0 Å². The lowest BCUT2D eigenvalue weighted by atomic mass is 10.0. The lowest BCUT2D eigenvalue weighted by Crippen LogP contribution is -1.90. The number of non-ortho nitro benzene ring substituents is 1. The molecule has 0 spiro atoms. The second-order valence-corrected chi connectivity index (χ2v) is 2.75. The first-order valence-corrected chi connectivity index (χ1v) is 3.68. The minimum atomic E-state index is -0.405. The summed E-state index contributed by atoms with van der Waals surface area (Å²) >= 11 is 0. The topological polar surface area (TPSA) is 43.1 Å². The molecule has 63 valence electrons. The van der Waals surface area contributed by atoms with Crippen LogP contribution in [0, 0.1) is 17.0 Å². The largest absolute Gasteiger partial charge is 0.269 e. The van der Waals surface area contributed by atoms with Gasteiger partial charge in [0.15, 0.2) is 0 Å². The van der Waals surface area contributed by atoms with Crippen LogP contribution in [0.3, 0.4) is 0 Å². The maximum atomic E-state index is 10.3. The zero-order chi connectivity index (χ0) is 9.14. The van der Waals surface area contributed by atoms with Crippen molar-refractivity contribution >= 4 is 5.69 Å². The Labute approximate surface area is 71.2 Å². The van der Waals surface area contributed by atoms with Crippen LogP contribution in [0.4, 0.5) is 5.69 Å². The van der Waals surface area contributed by atoms with Crippen molar-refractivity contribution in [2.45, 2.75) is 12.8 Å². The predicted octanol–water partition coefficient (Wildman–Crippen LogP) is 2.53. The molecule has 1 unspecified atom stereocenters. The highest BCUT2D eigenvalue weighted by Crippen LogP contribution is 2.17. The van der Waals surface area contributed by atoms with Gasteiger partial charge in [-0.2, -0.15) is 0 Å². The van der Waals surface area contributed by atoms with Gasteiger partial charge in [0.25, 0.3) is 5.69 Å². The van der Waals surface area contributed by atoms with E-state index in [-0.39, 0.29) is 11.6 Å². The Morgan fingerprint density at radius 1 is 1.42 bits per heavy atom. The van der Waals surface area contributed by atoms with Crippen LogP contribution in [0.1, 0.15) is 18.4 Å². The van der Waals surface area contributed by atoms with Crippen molar-refractivity contribution in [2.75, 3.05) is 0 Å². The van der Waals surface area contributed by atoms with Crippen molar-refractivity contribution < 1.29 is 4.92 Å². The molecule has 1 atom stereocenters. The van der Waals surface area contributed by atoms with E-state index in [2.05, 4.69) is 6.92 Å². The van der Waals surface area contributed by atoms with Crippen molar-refractivity contribution in [3.05, 3.63) is 46.9 Å². The molecule has 0 N–H and O–H groups in total. The molecule has 0 amide bonds. The van der Waals surface area contributed by atoms with E-state index in [1.54, 1.807) is 12.1 Å². The fraction of sp³-hybridized carbons (Fsp3) is 0.222. The number of nitrogens with zero attached hydrogens (tertiary/aromatic N) is 1. The van der Waals surface area contributed by atoms with E-state index < -0.39 is 4.92 Å². The van der Waals surface area contributed by atoms with Gasteiger partial charge in [-0.25, -0.2) is 0 Å². The summed E-state index contributed by atoms with van der Waals surface area (Å²) < 4.78 is 0. The molecule has 12 heavy (non-hydrogen) atoms. The lowest BCUT2D eigenvalue weighted by molar-refractivity contribution is -0.384. The normalized spacial score (nSPS) is 10.2. The molecular formula is C9H10NO2. The fourth-order valence-corrected chi connectivity index (χ4v) is 0.925. The first-order valence-electron chi connectivity index (χ1n) is 3.68. The Balaban J connectivity index is 2.93. The highest BCUT2D eigenvalue weighted by Gasteiger charge is 2.04. The van der Waals surface area contributed by atoms with Gasteiger partial charge in [-0.15, -0.1) is 0 Å². The first-order chi connectivity index (χ1) is 5.61. The second kappa shape index (κ2) is 3.34. The molecule has 0 aliphatic rings. The van der Waals surface area contributed by atoms with Crippen LogP contribution in [-0.2, 0) is 0 Å². The molecule has 0 bridgehead atoms. The van der Waals surface area contributed by atoms with E-state index in [9.17, 15) is 10.1 Å². The van der Waals surface area contributed by atoms with Gasteiger partial charge < -0.3 is 0 Å². The van der Waals surface area contributed by atoms with Gasteiger partial charge in [0, 0.05) is 12.1 Å². The summed E-state index contributed by atoms with van der Waals surface area (Å²) in [5.41, 5.74) is 1.14. The third-order valence-electron chi connectivity index (χ3n) is 1.67. The summed E-state index contributed by atoms with van der Waals surface area (Å²) in [6.07, 6.45) is 0. The molecule has 1 radical (unpaired) electrons. The average Bonchev–Trinajstić information content (AvgIpc) is 2.04. The van der Waals surface area contributed by atoms with Gasteiger partial charge in [0.2, 0.25) is 0 Å². The molecule has 0 saturated heterocycles. The molecule has 0 aliphatic carbocycles. The van der Waals surface area contributed by atoms with Crippen LogP contribution in [0.5, 0.6) is 0 Å². The Morgan fingerprint density at radius 3 is 2.25 bits per heavy atom. The van der Waals surface area contributed by atoms with Crippen LogP contribution in [0.25, 0.3) is 0 Å². The zero-order valence-electron chi connectivity index (χ0n) is 6.86. The molecule has 3 heteroatoms. The number of hydrogen-bond acceptors (Lipinski definition) is 2. The van der Waals surface area contributed by atoms with E-state index in [1.807, 2.05) is 6.92 Å². The van der Waals surface area contributed by atoms with Crippen molar-refractivity contribution in [1.29, 1.82) is 0 Å². The van der Waals surface area contributed by atoms with E-state index >= 15 is 0 Å². The summed E-state index contributed by atoms with van der Waals surface area (Å²) in [5, 5.41) is 10.3. The van der Waals surface area contributed by atoms with Gasteiger partial charge in [0.1, 0.15) is 0 Å². The SMILES string of the molecule is [CH2]C(C)c1ccc([N+](=O)[O-])cc1. The maximum Gasteiger partial charge on any atom is 0.269 e. The molecule has 0 aromatic heterocycles. The van der Waals surface area contributed by atoms with Gasteiger partial charge >= 0.3 is 0 Å². The number of nitro benzene ring substituents is 1. The Morgan fingerprint density at radius 2 is 1.92 bits per heavy atom. The van der Waals surface area contributed by atoms with Crippen molar-refractivity contribution in [3.63, 3.8) is 0 Å². The van der Waals surface area contributed by atoms with E-state index in [0.717, 1.165) is 5.56 Å². The standard InChI is InChI=1S/C9H10NO2/c1-7(2)8-3-5-9(6-4-8)10(11)12/h3-7H,1H2,2H3. The van der Waals surface area contributed by atoms with Crippen LogP contribution in [0.2, 0.25) is 0 Å². The third kappa shape index (κ3) is 1.81. The fourth-order valence-electron chi connectivity index (χ4n) is 0.925. The van der Waals surface area contributed by atoms with Crippen molar-refractivity contribution in [1.82, 2.24) is 0 Å². The van der Waals surface area contributed by atoms with Gasteiger partial charge in [-0.3, -0.25) is 10.1 Å². The summed E-state index contributed by atoms with van der Waals surface area (Å²) in [6, 6.07) is 6.46. The van der Waals surface area contributed by atoms with Crippen LogP contribution in [-0.4, -0.2) is 4.92 Å². The second-order valence-electron chi connectivity index (χ2n) is 2.75. The maximum absolute atomic E-state index is 10.3. The first kappa shape index (κ1) is 8.71. The third-order valence-corrected chi connectivity index (χ3v) is 1.67. The van der Waals surface area contributed by atoms with Crippen LogP contribution in [0.15, 0.2) is 24.3 Å². The zero-order valence-corrected chi connectivity index (χ0v) is 6.86. The van der Waals surface area contributed by atoms with E-state index in [0.29, 0.717) is 0 Å². The Hall–Kier alpha value is -1.38. The summed E-state index contributed by atoms with van der Waals surface area (Å²) in [4.78, 5) is 9.87. The summed E-state index contributed by atoms with van der Waals surface area (Å²) in [5.74, 6) is 0.172. The van der Waals surface area contributed by atoms with Gasteiger partial charge in [-0.05, 0) is 18.4 Å². The molecule has 0 aliphatic heterocycles. The molecular weight excluding hydrogens is 154 g/mol. The number of hydrogen-bond donors (Lipinski definition) is 0. The molecule has 1 rings (SSSR count). The van der Waals surface area contributed by atoms with E-state index in [1.165, 1.54) is 12.1 Å². The monoisotopic (exact) mass is 164 g/mol. The van der Waals surface area contributed by atoms with Gasteiger partial charge in [-0.1, -0.05) is 19.1 Å². The highest BCUT2D eigenvalue weighted by molar-refractivity contribution is 5.34. The van der Waals surface area contributed by atoms with Crippen LogP contribution < -0.4 is 0 Å². The number of nitro groups is 1. The minimum absolute atomic E-state index is 0.124. The smallest absolute Gasteiger partial charge is 0.258 e. The summed E-state index contributed by atoms with van der Waals surface area (Å²) in [6.45, 7) is 5.76. The van der Waals surface area contributed by atoms with Gasteiger partial charge in [0.05, 0.1) is 4.92 Å². The predicted molar refractivity (Wildman–Crippen MR) is 46.9 cm³/mol.